The van der Waals surface area contributed by atoms with Crippen LogP contribution in [0.1, 0.15) is 92.4 Å². The minimum absolute atomic E-state index is 0.0647. The molecule has 4 rings (SSSR count). The fourth-order valence-corrected chi connectivity index (χ4v) is 9.19. The Balaban J connectivity index is 1.37. The van der Waals surface area contributed by atoms with Crippen molar-refractivity contribution < 1.29 is 34.4 Å². The predicted octanol–water partition coefficient (Wildman–Crippen LogP) is 4.11. The van der Waals surface area contributed by atoms with E-state index in [0.717, 1.165) is 38.5 Å². The van der Waals surface area contributed by atoms with E-state index in [4.69, 9.17) is 9.47 Å². The Kier molecular flexibility index (Phi) is 8.67. The molecule has 7 heteroatoms. The molecule has 37 heavy (non-hydrogen) atoms. The SMILES string of the molecule is CC(C)COC(=O)COC(=O)CC[C@@H](C)[C@H]1CC[C@H]2[C@@H]3[C@H](O)C[C@@H]4C[C@H](O)CC[C@]4(C)[C@H]3C[C@H](O)[C@]12C. The molecule has 0 spiro atoms. The van der Waals surface area contributed by atoms with Crippen LogP contribution in [0.4, 0.5) is 0 Å². The number of hydrogen-bond donors (Lipinski definition) is 3. The van der Waals surface area contributed by atoms with Crippen molar-refractivity contribution in [1.82, 2.24) is 0 Å². The zero-order chi connectivity index (χ0) is 27.1. The van der Waals surface area contributed by atoms with Crippen LogP contribution in [0.2, 0.25) is 0 Å². The number of esters is 2. The first-order valence-corrected chi connectivity index (χ1v) is 14.7. The molecule has 0 bridgehead atoms. The summed E-state index contributed by atoms with van der Waals surface area (Å²) in [6.45, 7) is 10.6. The van der Waals surface area contributed by atoms with Gasteiger partial charge in [-0.3, -0.25) is 4.79 Å². The molecule has 0 aromatic heterocycles. The van der Waals surface area contributed by atoms with Crippen molar-refractivity contribution in [1.29, 1.82) is 0 Å². The number of rotatable bonds is 8. The van der Waals surface area contributed by atoms with Crippen molar-refractivity contribution in [3.05, 3.63) is 0 Å². The average molecular weight is 523 g/mol. The van der Waals surface area contributed by atoms with E-state index in [1.54, 1.807) is 0 Å². The number of fused-ring (bicyclic) bond motifs is 5. The highest BCUT2D eigenvalue weighted by Crippen LogP contribution is 2.68. The van der Waals surface area contributed by atoms with Crippen LogP contribution in [-0.4, -0.2) is 58.8 Å². The maximum Gasteiger partial charge on any atom is 0.344 e. The molecule has 4 saturated carbocycles. The zero-order valence-electron chi connectivity index (χ0n) is 23.5. The second-order valence-corrected chi connectivity index (χ2v) is 13.8. The molecule has 4 fully saturated rings. The molecule has 3 N–H and O–H groups in total. The average Bonchev–Trinajstić information content (AvgIpc) is 3.20. The van der Waals surface area contributed by atoms with Gasteiger partial charge in [-0.25, -0.2) is 4.79 Å². The Labute approximate surface area is 222 Å². The minimum atomic E-state index is -0.518. The fraction of sp³-hybridized carbons (Fsp3) is 0.933. The van der Waals surface area contributed by atoms with Crippen LogP contribution in [-0.2, 0) is 19.1 Å². The lowest BCUT2D eigenvalue weighted by Gasteiger charge is -2.63. The van der Waals surface area contributed by atoms with E-state index in [1.165, 1.54) is 0 Å². The lowest BCUT2D eigenvalue weighted by Crippen LogP contribution is -2.62. The van der Waals surface area contributed by atoms with E-state index in [9.17, 15) is 24.9 Å². The minimum Gasteiger partial charge on any atom is -0.463 e. The van der Waals surface area contributed by atoms with Gasteiger partial charge in [0.2, 0.25) is 0 Å². The molecule has 0 saturated heterocycles. The van der Waals surface area contributed by atoms with Gasteiger partial charge < -0.3 is 24.8 Å². The normalized spacial score (nSPS) is 43.9. The van der Waals surface area contributed by atoms with Gasteiger partial charge in [-0.05, 0) is 104 Å². The topological polar surface area (TPSA) is 113 Å². The second kappa shape index (κ2) is 11.1. The zero-order valence-corrected chi connectivity index (χ0v) is 23.5. The van der Waals surface area contributed by atoms with Crippen molar-refractivity contribution in [2.75, 3.05) is 13.2 Å². The van der Waals surface area contributed by atoms with Crippen LogP contribution in [0.3, 0.4) is 0 Å². The third kappa shape index (κ3) is 5.47. The summed E-state index contributed by atoms with van der Waals surface area (Å²) >= 11 is 0. The Morgan fingerprint density at radius 3 is 2.35 bits per heavy atom. The number of carbonyl (C=O) groups excluding carboxylic acids is 2. The highest BCUT2D eigenvalue weighted by atomic mass is 16.6. The van der Waals surface area contributed by atoms with Crippen molar-refractivity contribution >= 4 is 11.9 Å². The first-order chi connectivity index (χ1) is 17.4. The Bertz CT molecular complexity index is 829. The lowest BCUT2D eigenvalue weighted by molar-refractivity contribution is -0.207. The summed E-state index contributed by atoms with van der Waals surface area (Å²) in [6.07, 6.45) is 5.79. The number of ether oxygens (including phenoxy) is 2. The largest absolute Gasteiger partial charge is 0.463 e. The highest BCUT2D eigenvalue weighted by molar-refractivity contribution is 5.76. The van der Waals surface area contributed by atoms with Gasteiger partial charge in [-0.15, -0.1) is 0 Å². The van der Waals surface area contributed by atoms with Crippen LogP contribution in [0.5, 0.6) is 0 Å². The van der Waals surface area contributed by atoms with Crippen LogP contribution in [0.15, 0.2) is 0 Å². The molecule has 7 nitrogen and oxygen atoms in total. The molecule has 4 aliphatic carbocycles. The monoisotopic (exact) mass is 522 g/mol. The molecule has 0 heterocycles. The van der Waals surface area contributed by atoms with Crippen molar-refractivity contribution in [3.63, 3.8) is 0 Å². The Morgan fingerprint density at radius 1 is 0.919 bits per heavy atom. The molecule has 0 aliphatic heterocycles. The standard InChI is InChI=1S/C30H50O7/c1-17(2)15-36-27(35)16-37-26(34)9-6-18(3)21-7-8-22-28-23(14-25(33)30(21,22)5)29(4)11-10-20(31)12-19(29)13-24(28)32/h17-25,28,31-33H,6-16H2,1-5H3/t18-,19+,20-,21-,22+,23+,24-,25+,28+,29+,30-/m1/s1. The Hall–Kier alpha value is -1.18. The predicted molar refractivity (Wildman–Crippen MR) is 139 cm³/mol. The second-order valence-electron chi connectivity index (χ2n) is 13.8. The van der Waals surface area contributed by atoms with E-state index in [2.05, 4.69) is 20.8 Å². The number of hydrogen-bond acceptors (Lipinski definition) is 7. The summed E-state index contributed by atoms with van der Waals surface area (Å²) in [5.74, 6) is 0.847. The molecule has 0 amide bonds. The van der Waals surface area contributed by atoms with E-state index >= 15 is 0 Å². The van der Waals surface area contributed by atoms with E-state index in [1.807, 2.05) is 13.8 Å². The molecule has 0 aromatic rings. The fourth-order valence-electron chi connectivity index (χ4n) is 9.19. The number of aliphatic hydroxyl groups is 3. The molecule has 4 aliphatic rings. The highest BCUT2D eigenvalue weighted by Gasteiger charge is 2.65. The third-order valence-electron chi connectivity index (χ3n) is 11.3. The van der Waals surface area contributed by atoms with Gasteiger partial charge in [-0.1, -0.05) is 34.6 Å². The molecule has 0 radical (unpaired) electrons. The molecule has 0 unspecified atom stereocenters. The van der Waals surface area contributed by atoms with Crippen LogP contribution >= 0.6 is 0 Å². The maximum absolute atomic E-state index is 12.3. The molecule has 11 atom stereocenters. The third-order valence-corrected chi connectivity index (χ3v) is 11.3. The molecule has 212 valence electrons. The number of aliphatic hydroxyl groups excluding tert-OH is 3. The quantitative estimate of drug-likeness (QED) is 0.411. The first kappa shape index (κ1) is 28.8. The summed E-state index contributed by atoms with van der Waals surface area (Å²) in [5.41, 5.74) is -0.223. The smallest absolute Gasteiger partial charge is 0.344 e. The van der Waals surface area contributed by atoms with Crippen LogP contribution in [0.25, 0.3) is 0 Å². The molecule has 0 aromatic carbocycles. The van der Waals surface area contributed by atoms with E-state index in [-0.39, 0.29) is 71.6 Å². The van der Waals surface area contributed by atoms with Gasteiger partial charge in [0.1, 0.15) is 0 Å². The summed E-state index contributed by atoms with van der Waals surface area (Å²) in [7, 11) is 0. The van der Waals surface area contributed by atoms with Crippen LogP contribution in [0, 0.1) is 52.3 Å². The van der Waals surface area contributed by atoms with Gasteiger partial charge in [0.05, 0.1) is 24.9 Å². The van der Waals surface area contributed by atoms with Gasteiger partial charge in [0, 0.05) is 6.42 Å². The summed E-state index contributed by atoms with van der Waals surface area (Å²) in [4.78, 5) is 24.1. The maximum atomic E-state index is 12.3. The summed E-state index contributed by atoms with van der Waals surface area (Å²) in [6, 6.07) is 0. The Morgan fingerprint density at radius 2 is 1.65 bits per heavy atom. The lowest BCUT2D eigenvalue weighted by atomic mass is 9.43. The van der Waals surface area contributed by atoms with Gasteiger partial charge in [-0.2, -0.15) is 0 Å². The van der Waals surface area contributed by atoms with Gasteiger partial charge >= 0.3 is 11.9 Å². The van der Waals surface area contributed by atoms with Crippen molar-refractivity contribution in [2.24, 2.45) is 52.3 Å². The van der Waals surface area contributed by atoms with Crippen molar-refractivity contribution in [3.8, 4) is 0 Å². The molecular formula is C30H50O7. The van der Waals surface area contributed by atoms with Crippen molar-refractivity contribution in [2.45, 2.75) is 111 Å². The van der Waals surface area contributed by atoms with Gasteiger partial charge in [0.25, 0.3) is 0 Å². The summed E-state index contributed by atoms with van der Waals surface area (Å²) < 4.78 is 10.2. The van der Waals surface area contributed by atoms with E-state index < -0.39 is 18.0 Å². The summed E-state index contributed by atoms with van der Waals surface area (Å²) in [5, 5.41) is 33.4. The van der Waals surface area contributed by atoms with Crippen LogP contribution < -0.4 is 0 Å². The molecular weight excluding hydrogens is 472 g/mol. The van der Waals surface area contributed by atoms with Gasteiger partial charge in [0.15, 0.2) is 6.61 Å². The first-order valence-electron chi connectivity index (χ1n) is 14.7. The number of carbonyl (C=O) groups is 2. The van der Waals surface area contributed by atoms with E-state index in [0.29, 0.717) is 25.4 Å².